The van der Waals surface area contributed by atoms with E-state index in [-0.39, 0.29) is 5.69 Å². The minimum atomic E-state index is -0.441. The summed E-state index contributed by atoms with van der Waals surface area (Å²) in [5.41, 5.74) is 0.419. The second-order valence-electron chi connectivity index (χ2n) is 4.07. The van der Waals surface area contributed by atoms with Crippen molar-refractivity contribution in [2.24, 2.45) is 7.05 Å². The molecule has 0 radical (unpaired) electrons. The second kappa shape index (κ2) is 5.42. The lowest BCUT2D eigenvalue weighted by Gasteiger charge is -2.05. The van der Waals surface area contributed by atoms with Gasteiger partial charge in [0.2, 0.25) is 0 Å². The van der Waals surface area contributed by atoms with Crippen molar-refractivity contribution in [1.82, 2.24) is 19.7 Å². The van der Waals surface area contributed by atoms with Crippen LogP contribution in [0.5, 0.6) is 0 Å². The zero-order valence-electron chi connectivity index (χ0n) is 10.7. The summed E-state index contributed by atoms with van der Waals surface area (Å²) in [6.45, 7) is 2.23. The smallest absolute Gasteiger partial charge is 0.290 e. The summed E-state index contributed by atoms with van der Waals surface area (Å²) in [7, 11) is 1.81. The summed E-state index contributed by atoms with van der Waals surface area (Å²) in [5.74, 6) is 1.35. The van der Waals surface area contributed by atoms with E-state index < -0.39 is 4.92 Å². The number of anilines is 1. The number of pyridine rings is 1. The van der Waals surface area contributed by atoms with Crippen LogP contribution >= 0.6 is 0 Å². The Kier molecular flexibility index (Phi) is 3.69. The van der Waals surface area contributed by atoms with Crippen molar-refractivity contribution in [3.8, 4) is 0 Å². The first-order valence-electron chi connectivity index (χ1n) is 5.76. The molecule has 0 amide bonds. The van der Waals surface area contributed by atoms with Gasteiger partial charge in [-0.25, -0.2) is 9.97 Å². The van der Waals surface area contributed by atoms with Gasteiger partial charge < -0.3 is 5.32 Å². The van der Waals surface area contributed by atoms with Crippen molar-refractivity contribution >= 4 is 11.5 Å². The third-order valence-electron chi connectivity index (χ3n) is 2.56. The molecule has 8 nitrogen and oxygen atoms in total. The van der Waals surface area contributed by atoms with Crippen LogP contribution in [0.4, 0.5) is 11.5 Å². The average Bonchev–Trinajstić information content (AvgIpc) is 2.75. The van der Waals surface area contributed by atoms with Gasteiger partial charge in [0.1, 0.15) is 17.8 Å². The van der Waals surface area contributed by atoms with Crippen molar-refractivity contribution in [2.75, 3.05) is 11.9 Å². The fraction of sp³-hybridized carbons (Fsp3) is 0.364. The summed E-state index contributed by atoms with van der Waals surface area (Å²) in [6.07, 6.45) is 2.31. The molecule has 2 heterocycles. The first-order valence-corrected chi connectivity index (χ1v) is 5.76. The number of hydrogen-bond acceptors (Lipinski definition) is 6. The summed E-state index contributed by atoms with van der Waals surface area (Å²) in [4.78, 5) is 18.5. The van der Waals surface area contributed by atoms with Crippen LogP contribution in [0.3, 0.4) is 0 Å². The molecule has 19 heavy (non-hydrogen) atoms. The Morgan fingerprint density at radius 3 is 2.84 bits per heavy atom. The number of hydrogen-bond donors (Lipinski definition) is 1. The van der Waals surface area contributed by atoms with E-state index in [9.17, 15) is 10.1 Å². The largest absolute Gasteiger partial charge is 0.370 e. The van der Waals surface area contributed by atoms with Crippen LogP contribution in [0.15, 0.2) is 18.5 Å². The molecule has 0 bridgehead atoms. The Balaban J connectivity index is 1.93. The molecule has 8 heteroatoms. The minimum Gasteiger partial charge on any atom is -0.370 e. The highest BCUT2D eigenvalue weighted by molar-refractivity contribution is 5.44. The Bertz CT molecular complexity index is 595. The number of nitrogens with zero attached hydrogens (tertiary/aromatic N) is 5. The molecule has 0 saturated heterocycles. The van der Waals surface area contributed by atoms with Gasteiger partial charge in [0.05, 0.1) is 4.92 Å². The highest BCUT2D eigenvalue weighted by atomic mass is 16.6. The van der Waals surface area contributed by atoms with E-state index in [1.54, 1.807) is 24.0 Å². The number of aryl methyl sites for hydroxylation is 2. The molecule has 2 aromatic heterocycles. The Morgan fingerprint density at radius 2 is 2.26 bits per heavy atom. The molecule has 2 rings (SSSR count). The van der Waals surface area contributed by atoms with Gasteiger partial charge >= 0.3 is 0 Å². The second-order valence-corrected chi connectivity index (χ2v) is 4.07. The van der Waals surface area contributed by atoms with Crippen molar-refractivity contribution in [3.63, 3.8) is 0 Å². The molecule has 0 atom stereocenters. The zero-order chi connectivity index (χ0) is 13.8. The third kappa shape index (κ3) is 3.24. The highest BCUT2D eigenvalue weighted by Crippen LogP contribution is 2.17. The monoisotopic (exact) mass is 262 g/mol. The van der Waals surface area contributed by atoms with E-state index in [4.69, 9.17) is 0 Å². The number of aromatic nitrogens is 4. The third-order valence-corrected chi connectivity index (χ3v) is 2.56. The lowest BCUT2D eigenvalue weighted by atomic mass is 10.3. The molecule has 0 aliphatic heterocycles. The van der Waals surface area contributed by atoms with Gasteiger partial charge in [-0.05, 0) is 13.0 Å². The quantitative estimate of drug-likeness (QED) is 0.639. The predicted octanol–water partition coefficient (Wildman–Crippen LogP) is 1.08. The molecule has 0 saturated carbocycles. The number of rotatable bonds is 5. The first-order chi connectivity index (χ1) is 9.06. The summed E-state index contributed by atoms with van der Waals surface area (Å²) in [5, 5.41) is 17.9. The molecule has 0 aromatic carbocycles. The van der Waals surface area contributed by atoms with Crippen LogP contribution in [0.1, 0.15) is 11.5 Å². The van der Waals surface area contributed by atoms with E-state index in [1.165, 1.54) is 6.07 Å². The topological polar surface area (TPSA) is 98.8 Å². The van der Waals surface area contributed by atoms with Crippen LogP contribution in [-0.4, -0.2) is 31.2 Å². The van der Waals surface area contributed by atoms with Crippen LogP contribution in [0, 0.1) is 17.0 Å². The average molecular weight is 262 g/mol. The fourth-order valence-corrected chi connectivity index (χ4v) is 1.65. The Morgan fingerprint density at radius 1 is 1.47 bits per heavy atom. The molecule has 0 unspecified atom stereocenters. The van der Waals surface area contributed by atoms with Crippen molar-refractivity contribution < 1.29 is 4.92 Å². The van der Waals surface area contributed by atoms with Crippen molar-refractivity contribution in [2.45, 2.75) is 13.3 Å². The molecule has 1 N–H and O–H groups in total. The Hall–Kier alpha value is -2.51. The van der Waals surface area contributed by atoms with Gasteiger partial charge in [-0.15, -0.1) is 0 Å². The van der Waals surface area contributed by atoms with Gasteiger partial charge in [0.25, 0.3) is 5.69 Å². The van der Waals surface area contributed by atoms with Gasteiger partial charge in [0, 0.05) is 26.1 Å². The van der Waals surface area contributed by atoms with Crippen LogP contribution in [0.2, 0.25) is 0 Å². The maximum atomic E-state index is 10.7. The molecule has 0 aliphatic carbocycles. The normalized spacial score (nSPS) is 10.4. The summed E-state index contributed by atoms with van der Waals surface area (Å²) >= 11 is 0. The van der Waals surface area contributed by atoms with Crippen molar-refractivity contribution in [3.05, 3.63) is 40.1 Å². The lowest BCUT2D eigenvalue weighted by Crippen LogP contribution is -2.08. The number of nitrogens with one attached hydrogen (secondary N) is 1. The molecule has 0 aliphatic rings. The van der Waals surface area contributed by atoms with E-state index in [2.05, 4.69) is 20.4 Å². The highest BCUT2D eigenvalue weighted by Gasteiger charge is 2.11. The Labute approximate surface area is 109 Å². The summed E-state index contributed by atoms with van der Waals surface area (Å²) in [6, 6.07) is 3.04. The van der Waals surface area contributed by atoms with Gasteiger partial charge in [-0.1, -0.05) is 0 Å². The molecule has 100 valence electrons. The van der Waals surface area contributed by atoms with Crippen molar-refractivity contribution in [1.29, 1.82) is 0 Å². The van der Waals surface area contributed by atoms with Crippen LogP contribution in [-0.2, 0) is 13.5 Å². The molecule has 0 fully saturated rings. The van der Waals surface area contributed by atoms with E-state index in [0.29, 0.717) is 24.5 Å². The van der Waals surface area contributed by atoms with E-state index in [0.717, 1.165) is 5.82 Å². The molecule has 2 aromatic rings. The molecular formula is C11H14N6O2. The number of nitro groups is 1. The zero-order valence-corrected chi connectivity index (χ0v) is 10.7. The standard InChI is InChI=1S/C11H14N6O2/c1-8-9(17(18)19)3-4-10(14-8)12-6-5-11-13-7-16(2)15-11/h3-4,7H,5-6H2,1-2H3,(H,12,14). The molecule has 0 spiro atoms. The SMILES string of the molecule is Cc1nc(NCCc2ncn(C)n2)ccc1[N+](=O)[O-]. The lowest BCUT2D eigenvalue weighted by molar-refractivity contribution is -0.385. The molecular weight excluding hydrogens is 248 g/mol. The predicted molar refractivity (Wildman–Crippen MR) is 68.8 cm³/mol. The van der Waals surface area contributed by atoms with Gasteiger partial charge in [-0.3, -0.25) is 14.8 Å². The first kappa shape index (κ1) is 12.9. The van der Waals surface area contributed by atoms with Crippen LogP contribution in [0.25, 0.3) is 0 Å². The van der Waals surface area contributed by atoms with Gasteiger partial charge in [-0.2, -0.15) is 5.10 Å². The van der Waals surface area contributed by atoms with E-state index in [1.807, 2.05) is 7.05 Å². The van der Waals surface area contributed by atoms with E-state index >= 15 is 0 Å². The summed E-state index contributed by atoms with van der Waals surface area (Å²) < 4.78 is 1.64. The maximum absolute atomic E-state index is 10.7. The fourth-order valence-electron chi connectivity index (χ4n) is 1.65. The maximum Gasteiger partial charge on any atom is 0.290 e. The minimum absolute atomic E-state index is 0.0249. The van der Waals surface area contributed by atoms with Crippen LogP contribution < -0.4 is 5.32 Å². The van der Waals surface area contributed by atoms with Gasteiger partial charge in [0.15, 0.2) is 5.82 Å².